The lowest BCUT2D eigenvalue weighted by Gasteiger charge is -2.21. The molecule has 0 saturated heterocycles. The Morgan fingerprint density at radius 3 is 2.93 bits per heavy atom. The van der Waals surface area contributed by atoms with E-state index in [2.05, 4.69) is 10.3 Å². The highest BCUT2D eigenvalue weighted by Crippen LogP contribution is 2.11. The molecular weight excluding hydrogens is 200 g/mol. The lowest BCUT2D eigenvalue weighted by atomic mass is 9.95. The minimum absolute atomic E-state index is 0.0460. The molecule has 0 spiro atoms. The third kappa shape index (κ3) is 3.08. The molecule has 5 heteroatoms. The summed E-state index contributed by atoms with van der Waals surface area (Å²) in [6.07, 6.45) is 0. The maximum Gasteiger partial charge on any atom is 0.270 e. The molecule has 0 aliphatic rings. The fourth-order valence-corrected chi connectivity index (χ4v) is 1.32. The summed E-state index contributed by atoms with van der Waals surface area (Å²) in [4.78, 5) is 15.3. The van der Waals surface area contributed by atoms with Crippen LogP contribution >= 0.6 is 11.3 Å². The molecule has 1 heterocycles. The van der Waals surface area contributed by atoms with Crippen LogP contribution < -0.4 is 5.32 Å². The van der Waals surface area contributed by atoms with Crippen molar-refractivity contribution in [2.75, 3.05) is 13.2 Å². The van der Waals surface area contributed by atoms with Crippen molar-refractivity contribution in [1.29, 1.82) is 0 Å². The van der Waals surface area contributed by atoms with Crippen molar-refractivity contribution in [2.24, 2.45) is 5.41 Å². The number of nitrogens with one attached hydrogen (secondary N) is 1. The summed E-state index contributed by atoms with van der Waals surface area (Å²) < 4.78 is 0. The molecule has 14 heavy (non-hydrogen) atoms. The first-order chi connectivity index (χ1) is 6.55. The van der Waals surface area contributed by atoms with Crippen molar-refractivity contribution in [1.82, 2.24) is 10.3 Å². The molecule has 1 aromatic rings. The van der Waals surface area contributed by atoms with E-state index in [1.807, 2.05) is 13.8 Å². The lowest BCUT2D eigenvalue weighted by Crippen LogP contribution is -2.36. The Balaban J connectivity index is 2.43. The third-order valence-corrected chi connectivity index (χ3v) is 2.41. The second-order valence-corrected chi connectivity index (χ2v) is 4.60. The minimum atomic E-state index is -0.286. The summed E-state index contributed by atoms with van der Waals surface area (Å²) >= 11 is 1.39. The molecule has 1 rings (SSSR count). The van der Waals surface area contributed by atoms with Gasteiger partial charge in [-0.25, -0.2) is 4.98 Å². The first-order valence-electron chi connectivity index (χ1n) is 4.32. The number of rotatable bonds is 4. The van der Waals surface area contributed by atoms with E-state index < -0.39 is 0 Å². The topological polar surface area (TPSA) is 62.2 Å². The standard InChI is InChI=1S/C9H14N2O2S/c1-9(2,5-12)4-10-8(13)7-3-14-6-11-7/h3,6,12H,4-5H2,1-2H3,(H,10,13). The Hall–Kier alpha value is -0.940. The smallest absolute Gasteiger partial charge is 0.270 e. The van der Waals surface area contributed by atoms with Crippen LogP contribution in [-0.4, -0.2) is 29.1 Å². The summed E-state index contributed by atoms with van der Waals surface area (Å²) in [5.74, 6) is -0.187. The first kappa shape index (κ1) is 11.1. The number of nitrogens with zero attached hydrogens (tertiary/aromatic N) is 1. The molecule has 0 aliphatic carbocycles. The van der Waals surface area contributed by atoms with Crippen LogP contribution in [0, 0.1) is 5.41 Å². The summed E-state index contributed by atoms with van der Waals surface area (Å²) in [5.41, 5.74) is 1.77. The molecule has 0 aliphatic heterocycles. The van der Waals surface area contributed by atoms with Gasteiger partial charge in [0.2, 0.25) is 0 Å². The molecule has 0 aromatic carbocycles. The number of hydrogen-bond donors (Lipinski definition) is 2. The summed E-state index contributed by atoms with van der Waals surface area (Å²) in [7, 11) is 0. The van der Waals surface area contributed by atoms with Gasteiger partial charge in [0.15, 0.2) is 0 Å². The highest BCUT2D eigenvalue weighted by atomic mass is 32.1. The van der Waals surface area contributed by atoms with Crippen molar-refractivity contribution < 1.29 is 9.90 Å². The van der Waals surface area contributed by atoms with Crippen LogP contribution in [0.5, 0.6) is 0 Å². The van der Waals surface area contributed by atoms with Gasteiger partial charge in [-0.05, 0) is 0 Å². The maximum absolute atomic E-state index is 11.4. The second-order valence-electron chi connectivity index (χ2n) is 3.88. The average Bonchev–Trinajstić information content (AvgIpc) is 2.67. The van der Waals surface area contributed by atoms with Crippen molar-refractivity contribution in [3.05, 3.63) is 16.6 Å². The Kier molecular flexibility index (Phi) is 3.60. The van der Waals surface area contributed by atoms with Gasteiger partial charge >= 0.3 is 0 Å². The summed E-state index contributed by atoms with van der Waals surface area (Å²) in [6.45, 7) is 4.26. The van der Waals surface area contributed by atoms with Crippen LogP contribution in [-0.2, 0) is 0 Å². The van der Waals surface area contributed by atoms with E-state index in [0.29, 0.717) is 12.2 Å². The van der Waals surface area contributed by atoms with Gasteiger partial charge in [0, 0.05) is 23.9 Å². The second kappa shape index (κ2) is 4.52. The molecule has 0 bridgehead atoms. The molecule has 0 unspecified atom stereocenters. The molecule has 1 aromatic heterocycles. The fourth-order valence-electron chi connectivity index (χ4n) is 0.791. The number of carbonyl (C=O) groups is 1. The Labute approximate surface area is 87.0 Å². The molecule has 1 amide bonds. The minimum Gasteiger partial charge on any atom is -0.396 e. The molecule has 4 nitrogen and oxygen atoms in total. The van der Waals surface area contributed by atoms with Crippen LogP contribution in [0.1, 0.15) is 24.3 Å². The Bertz CT molecular complexity index is 296. The number of amides is 1. The van der Waals surface area contributed by atoms with E-state index in [1.54, 1.807) is 10.9 Å². The number of hydrogen-bond acceptors (Lipinski definition) is 4. The molecule has 0 saturated carbocycles. The predicted molar refractivity (Wildman–Crippen MR) is 55.3 cm³/mol. The fraction of sp³-hybridized carbons (Fsp3) is 0.556. The molecule has 0 fully saturated rings. The predicted octanol–water partition coefficient (Wildman–Crippen LogP) is 0.891. The summed E-state index contributed by atoms with van der Waals surface area (Å²) in [6, 6.07) is 0. The quantitative estimate of drug-likeness (QED) is 0.782. The third-order valence-electron chi connectivity index (χ3n) is 1.82. The van der Waals surface area contributed by atoms with E-state index in [0.717, 1.165) is 0 Å². The van der Waals surface area contributed by atoms with E-state index in [9.17, 15) is 4.79 Å². The van der Waals surface area contributed by atoms with E-state index >= 15 is 0 Å². The van der Waals surface area contributed by atoms with Gasteiger partial charge in [-0.15, -0.1) is 11.3 Å². The first-order valence-corrected chi connectivity index (χ1v) is 5.27. The number of aliphatic hydroxyl groups is 1. The van der Waals surface area contributed by atoms with Gasteiger partial charge in [-0.1, -0.05) is 13.8 Å². The molecule has 2 N–H and O–H groups in total. The van der Waals surface area contributed by atoms with Gasteiger partial charge in [0.25, 0.3) is 5.91 Å². The highest BCUT2D eigenvalue weighted by molar-refractivity contribution is 7.07. The monoisotopic (exact) mass is 214 g/mol. The van der Waals surface area contributed by atoms with Crippen molar-refractivity contribution in [3.63, 3.8) is 0 Å². The van der Waals surface area contributed by atoms with Gasteiger partial charge in [-0.3, -0.25) is 4.79 Å². The average molecular weight is 214 g/mol. The van der Waals surface area contributed by atoms with Crippen LogP contribution in [0.25, 0.3) is 0 Å². The van der Waals surface area contributed by atoms with Crippen LogP contribution in [0.2, 0.25) is 0 Å². The Morgan fingerprint density at radius 1 is 1.71 bits per heavy atom. The maximum atomic E-state index is 11.4. The number of carbonyl (C=O) groups excluding carboxylic acids is 1. The van der Waals surface area contributed by atoms with Crippen molar-refractivity contribution >= 4 is 17.2 Å². The lowest BCUT2D eigenvalue weighted by molar-refractivity contribution is 0.0907. The molecule has 78 valence electrons. The largest absolute Gasteiger partial charge is 0.396 e. The van der Waals surface area contributed by atoms with Crippen LogP contribution in [0.15, 0.2) is 10.9 Å². The number of aromatic nitrogens is 1. The number of aliphatic hydroxyl groups excluding tert-OH is 1. The SMILES string of the molecule is CC(C)(CO)CNC(=O)c1cscn1. The Morgan fingerprint density at radius 2 is 2.43 bits per heavy atom. The zero-order valence-corrected chi connectivity index (χ0v) is 9.10. The van der Waals surface area contributed by atoms with E-state index in [4.69, 9.17) is 5.11 Å². The zero-order valence-electron chi connectivity index (χ0n) is 8.28. The van der Waals surface area contributed by atoms with Gasteiger partial charge in [0.1, 0.15) is 5.69 Å². The van der Waals surface area contributed by atoms with Crippen molar-refractivity contribution in [2.45, 2.75) is 13.8 Å². The normalized spacial score (nSPS) is 11.4. The van der Waals surface area contributed by atoms with Gasteiger partial charge in [0.05, 0.1) is 5.51 Å². The van der Waals surface area contributed by atoms with E-state index in [-0.39, 0.29) is 17.9 Å². The molecule has 0 radical (unpaired) electrons. The number of thiazole rings is 1. The zero-order chi connectivity index (χ0) is 10.6. The van der Waals surface area contributed by atoms with Crippen LogP contribution in [0.4, 0.5) is 0 Å². The molecule has 0 atom stereocenters. The highest BCUT2D eigenvalue weighted by Gasteiger charge is 2.18. The van der Waals surface area contributed by atoms with Crippen LogP contribution in [0.3, 0.4) is 0 Å². The van der Waals surface area contributed by atoms with Gasteiger partial charge in [-0.2, -0.15) is 0 Å². The molecular formula is C9H14N2O2S. The van der Waals surface area contributed by atoms with Crippen molar-refractivity contribution in [3.8, 4) is 0 Å². The summed E-state index contributed by atoms with van der Waals surface area (Å²) in [5, 5.41) is 13.4. The van der Waals surface area contributed by atoms with Gasteiger partial charge < -0.3 is 10.4 Å². The van der Waals surface area contributed by atoms with E-state index in [1.165, 1.54) is 11.3 Å².